The highest BCUT2D eigenvalue weighted by Crippen LogP contribution is 2.30. The van der Waals surface area contributed by atoms with Crippen LogP contribution in [0.4, 0.5) is 5.69 Å². The Balaban J connectivity index is 1.67. The number of methoxy groups -OCH3 is 1. The summed E-state index contributed by atoms with van der Waals surface area (Å²) in [6.45, 7) is 0. The van der Waals surface area contributed by atoms with E-state index in [9.17, 15) is 19.7 Å². The number of amides is 2. The van der Waals surface area contributed by atoms with Crippen LogP contribution in [0.2, 0.25) is 0 Å². The zero-order chi connectivity index (χ0) is 20.1. The van der Waals surface area contributed by atoms with Gasteiger partial charge in [-0.1, -0.05) is 12.1 Å². The summed E-state index contributed by atoms with van der Waals surface area (Å²) >= 11 is 0. The van der Waals surface area contributed by atoms with Crippen LogP contribution in [0.3, 0.4) is 0 Å². The van der Waals surface area contributed by atoms with Gasteiger partial charge in [0.15, 0.2) is 5.76 Å². The van der Waals surface area contributed by atoms with Crippen molar-refractivity contribution < 1.29 is 23.7 Å². The number of rotatable bonds is 5. The Bertz CT molecular complexity index is 1030. The van der Waals surface area contributed by atoms with Gasteiger partial charge in [-0.3, -0.25) is 30.6 Å². The Hall–Kier alpha value is -4.14. The number of carbonyl (C=O) groups is 2. The molecule has 1 aromatic heterocycles. The maximum absolute atomic E-state index is 12.2. The van der Waals surface area contributed by atoms with Crippen molar-refractivity contribution in [2.24, 2.45) is 0 Å². The lowest BCUT2D eigenvalue weighted by atomic mass is 10.1. The molecule has 3 rings (SSSR count). The third-order valence-electron chi connectivity index (χ3n) is 3.84. The molecular weight excluding hydrogens is 366 g/mol. The number of furan rings is 1. The van der Waals surface area contributed by atoms with E-state index in [-0.39, 0.29) is 22.8 Å². The number of nitro benzene ring substituents is 1. The zero-order valence-electron chi connectivity index (χ0n) is 14.7. The largest absolute Gasteiger partial charge is 0.497 e. The number of benzene rings is 2. The zero-order valence-corrected chi connectivity index (χ0v) is 14.7. The first-order chi connectivity index (χ1) is 13.5. The maximum atomic E-state index is 12.2. The van der Waals surface area contributed by atoms with E-state index in [0.29, 0.717) is 11.3 Å². The molecule has 0 unspecified atom stereocenters. The van der Waals surface area contributed by atoms with Crippen molar-refractivity contribution in [2.75, 3.05) is 7.11 Å². The molecule has 2 aromatic carbocycles. The SMILES string of the molecule is COc1ccc(C(=O)NNC(=O)c2ccc(-c3ccccc3[N+](=O)[O-])o2)cc1. The number of nitrogens with zero attached hydrogens (tertiary/aromatic N) is 1. The number of hydrogen-bond acceptors (Lipinski definition) is 6. The smallest absolute Gasteiger partial charge is 0.305 e. The van der Waals surface area contributed by atoms with Gasteiger partial charge in [0.1, 0.15) is 11.5 Å². The molecule has 0 aliphatic carbocycles. The topological polar surface area (TPSA) is 124 Å². The van der Waals surface area contributed by atoms with Gasteiger partial charge in [-0.2, -0.15) is 0 Å². The monoisotopic (exact) mass is 381 g/mol. The van der Waals surface area contributed by atoms with Crippen molar-refractivity contribution in [3.05, 3.63) is 82.1 Å². The molecule has 2 amide bonds. The van der Waals surface area contributed by atoms with E-state index < -0.39 is 16.7 Å². The molecule has 0 fully saturated rings. The first-order valence-corrected chi connectivity index (χ1v) is 8.08. The summed E-state index contributed by atoms with van der Waals surface area (Å²) in [7, 11) is 1.51. The summed E-state index contributed by atoms with van der Waals surface area (Å²) in [6, 6.07) is 15.1. The van der Waals surface area contributed by atoms with E-state index in [4.69, 9.17) is 9.15 Å². The number of para-hydroxylation sites is 1. The summed E-state index contributed by atoms with van der Waals surface area (Å²) in [5.41, 5.74) is 4.92. The summed E-state index contributed by atoms with van der Waals surface area (Å²) in [5.74, 6) is -0.575. The molecule has 9 heteroatoms. The Kier molecular flexibility index (Phi) is 5.35. The highest BCUT2D eigenvalue weighted by molar-refractivity contribution is 5.98. The normalized spacial score (nSPS) is 10.2. The second kappa shape index (κ2) is 8.04. The molecule has 28 heavy (non-hydrogen) atoms. The standard InChI is InChI=1S/C19H15N3O6/c1-27-13-8-6-12(7-9-13)18(23)20-21-19(24)17-11-10-16(28-17)14-4-2-3-5-15(14)22(25)26/h2-11H,1H3,(H,20,23)(H,21,24). The molecule has 0 bridgehead atoms. The van der Waals surface area contributed by atoms with Crippen LogP contribution in [0.25, 0.3) is 11.3 Å². The van der Waals surface area contributed by atoms with Crippen LogP contribution in [0, 0.1) is 10.1 Å². The number of ether oxygens (including phenoxy) is 1. The predicted octanol–water partition coefficient (Wildman–Crippen LogP) is 2.94. The van der Waals surface area contributed by atoms with Crippen LogP contribution in [-0.2, 0) is 0 Å². The lowest BCUT2D eigenvalue weighted by Crippen LogP contribution is -2.41. The molecule has 0 saturated carbocycles. The summed E-state index contributed by atoms with van der Waals surface area (Å²) in [4.78, 5) is 34.8. The fourth-order valence-electron chi connectivity index (χ4n) is 2.44. The van der Waals surface area contributed by atoms with Gasteiger partial charge in [0.2, 0.25) is 0 Å². The third-order valence-corrected chi connectivity index (χ3v) is 3.84. The highest BCUT2D eigenvalue weighted by atomic mass is 16.6. The van der Waals surface area contributed by atoms with Gasteiger partial charge in [0.05, 0.1) is 17.6 Å². The molecule has 0 saturated heterocycles. The van der Waals surface area contributed by atoms with Gasteiger partial charge in [-0.05, 0) is 42.5 Å². The van der Waals surface area contributed by atoms with Crippen LogP contribution >= 0.6 is 0 Å². The van der Waals surface area contributed by atoms with Crippen molar-refractivity contribution in [1.82, 2.24) is 10.9 Å². The van der Waals surface area contributed by atoms with Gasteiger partial charge in [0, 0.05) is 11.6 Å². The van der Waals surface area contributed by atoms with E-state index in [2.05, 4.69) is 10.9 Å². The predicted molar refractivity (Wildman–Crippen MR) is 98.7 cm³/mol. The van der Waals surface area contributed by atoms with Gasteiger partial charge in [0.25, 0.3) is 11.6 Å². The third kappa shape index (κ3) is 3.98. The van der Waals surface area contributed by atoms with Crippen molar-refractivity contribution in [3.8, 4) is 17.1 Å². The fraction of sp³-hybridized carbons (Fsp3) is 0.0526. The Labute approximate surface area is 159 Å². The van der Waals surface area contributed by atoms with E-state index in [0.717, 1.165) is 0 Å². The molecule has 0 aliphatic rings. The summed E-state index contributed by atoms with van der Waals surface area (Å²) < 4.78 is 10.4. The number of nitrogens with one attached hydrogen (secondary N) is 2. The van der Waals surface area contributed by atoms with E-state index in [1.807, 2.05) is 0 Å². The molecular formula is C19H15N3O6. The molecule has 142 valence electrons. The molecule has 9 nitrogen and oxygen atoms in total. The minimum absolute atomic E-state index is 0.108. The van der Waals surface area contributed by atoms with Gasteiger partial charge < -0.3 is 9.15 Å². The van der Waals surface area contributed by atoms with Gasteiger partial charge in [-0.25, -0.2) is 0 Å². The summed E-state index contributed by atoms with van der Waals surface area (Å²) in [6.07, 6.45) is 0. The Morgan fingerprint density at radius 2 is 1.64 bits per heavy atom. The molecule has 0 spiro atoms. The Morgan fingerprint density at radius 3 is 2.32 bits per heavy atom. The lowest BCUT2D eigenvalue weighted by molar-refractivity contribution is -0.384. The lowest BCUT2D eigenvalue weighted by Gasteiger charge is -2.06. The van der Waals surface area contributed by atoms with Gasteiger partial charge >= 0.3 is 5.91 Å². The number of nitro groups is 1. The minimum atomic E-state index is -0.702. The first-order valence-electron chi connectivity index (χ1n) is 8.08. The molecule has 3 aromatic rings. The Morgan fingerprint density at radius 1 is 0.964 bits per heavy atom. The van der Waals surface area contributed by atoms with Crippen molar-refractivity contribution in [3.63, 3.8) is 0 Å². The first kappa shape index (κ1) is 18.6. The second-order valence-corrected chi connectivity index (χ2v) is 5.57. The van der Waals surface area contributed by atoms with Crippen molar-refractivity contribution >= 4 is 17.5 Å². The number of carbonyl (C=O) groups excluding carboxylic acids is 2. The van der Waals surface area contributed by atoms with E-state index >= 15 is 0 Å². The average Bonchev–Trinajstić information content (AvgIpc) is 3.22. The van der Waals surface area contributed by atoms with E-state index in [1.165, 1.54) is 37.4 Å². The van der Waals surface area contributed by atoms with Crippen LogP contribution < -0.4 is 15.6 Å². The van der Waals surface area contributed by atoms with Crippen molar-refractivity contribution in [1.29, 1.82) is 0 Å². The average molecular weight is 381 g/mol. The van der Waals surface area contributed by atoms with E-state index in [1.54, 1.807) is 30.3 Å². The maximum Gasteiger partial charge on any atom is 0.305 e. The quantitative estimate of drug-likeness (QED) is 0.517. The second-order valence-electron chi connectivity index (χ2n) is 5.57. The van der Waals surface area contributed by atoms with Crippen molar-refractivity contribution in [2.45, 2.75) is 0 Å². The van der Waals surface area contributed by atoms with Crippen LogP contribution in [0.15, 0.2) is 65.1 Å². The molecule has 0 aliphatic heterocycles. The molecule has 1 heterocycles. The fourth-order valence-corrected chi connectivity index (χ4v) is 2.44. The van der Waals surface area contributed by atoms with Crippen LogP contribution in [0.5, 0.6) is 5.75 Å². The molecule has 2 N–H and O–H groups in total. The summed E-state index contributed by atoms with van der Waals surface area (Å²) in [5, 5.41) is 11.1. The molecule has 0 atom stereocenters. The highest BCUT2D eigenvalue weighted by Gasteiger charge is 2.19. The van der Waals surface area contributed by atoms with Crippen LogP contribution in [-0.4, -0.2) is 23.8 Å². The minimum Gasteiger partial charge on any atom is -0.497 e. The van der Waals surface area contributed by atoms with Gasteiger partial charge in [-0.15, -0.1) is 0 Å². The van der Waals surface area contributed by atoms with Crippen LogP contribution in [0.1, 0.15) is 20.9 Å². The number of hydrazine groups is 1. The number of hydrogen-bond donors (Lipinski definition) is 2. The molecule has 0 radical (unpaired) electrons.